The van der Waals surface area contributed by atoms with Gasteiger partial charge in [0.25, 0.3) is 5.91 Å². The highest BCUT2D eigenvalue weighted by atomic mass is 35.5. The first kappa shape index (κ1) is 19.7. The number of benzene rings is 3. The molecule has 1 aliphatic heterocycles. The third-order valence-electron chi connectivity index (χ3n) is 5.91. The fourth-order valence-corrected chi connectivity index (χ4v) is 4.81. The average Bonchev–Trinajstić information content (AvgIpc) is 2.68. The van der Waals surface area contributed by atoms with Crippen LogP contribution in [0.25, 0.3) is 0 Å². The number of amides is 1. The molecule has 0 N–H and O–H groups in total. The zero-order valence-corrected chi connectivity index (χ0v) is 17.5. The highest BCUT2D eigenvalue weighted by molar-refractivity contribution is 6.30. The van der Waals surface area contributed by atoms with Gasteiger partial charge in [0.05, 0.1) is 0 Å². The summed E-state index contributed by atoms with van der Waals surface area (Å²) in [4.78, 5) is 15.3. The molecule has 2 nitrogen and oxygen atoms in total. The number of fused-ring (bicyclic) bond motifs is 1. The lowest BCUT2D eigenvalue weighted by Crippen LogP contribution is -2.55. The minimum atomic E-state index is -0.450. The van der Waals surface area contributed by atoms with Gasteiger partial charge in [-0.25, -0.2) is 4.39 Å². The highest BCUT2D eigenvalue weighted by Crippen LogP contribution is 2.50. The van der Waals surface area contributed by atoms with Gasteiger partial charge in [-0.2, -0.15) is 0 Å². The molecule has 0 aliphatic carbocycles. The van der Waals surface area contributed by atoms with Gasteiger partial charge in [0.2, 0.25) is 0 Å². The summed E-state index contributed by atoms with van der Waals surface area (Å²) in [5.41, 5.74) is 2.90. The van der Waals surface area contributed by atoms with Crippen LogP contribution in [0.1, 0.15) is 48.7 Å². The van der Waals surface area contributed by atoms with E-state index in [1.54, 1.807) is 12.1 Å². The Labute approximate surface area is 175 Å². The second kappa shape index (κ2) is 7.00. The third-order valence-corrected chi connectivity index (χ3v) is 6.16. The Morgan fingerprint density at radius 1 is 0.931 bits per heavy atom. The van der Waals surface area contributed by atoms with E-state index in [-0.39, 0.29) is 17.1 Å². The maximum Gasteiger partial charge on any atom is 0.258 e. The SMILES string of the molecule is CC1(C)C[C@@](C)(c2ccc(Cl)cc2)c2ccccc2N1C(=O)c1ccc(F)cc1. The second-order valence-corrected chi connectivity index (χ2v) is 8.93. The number of nitrogens with zero attached hydrogens (tertiary/aromatic N) is 1. The molecule has 0 bridgehead atoms. The van der Waals surface area contributed by atoms with E-state index in [4.69, 9.17) is 11.6 Å². The summed E-state index contributed by atoms with van der Waals surface area (Å²) in [6.07, 6.45) is 0.742. The molecule has 0 saturated heterocycles. The lowest BCUT2D eigenvalue weighted by atomic mass is 9.65. The molecule has 1 amide bonds. The quantitative estimate of drug-likeness (QED) is 0.467. The van der Waals surface area contributed by atoms with Crippen molar-refractivity contribution in [2.45, 2.75) is 38.1 Å². The van der Waals surface area contributed by atoms with Gasteiger partial charge < -0.3 is 4.90 Å². The van der Waals surface area contributed by atoms with Crippen LogP contribution >= 0.6 is 11.6 Å². The number of rotatable bonds is 2. The van der Waals surface area contributed by atoms with E-state index in [1.165, 1.54) is 12.1 Å². The van der Waals surface area contributed by atoms with Crippen LogP contribution in [-0.2, 0) is 5.41 Å². The van der Waals surface area contributed by atoms with Gasteiger partial charge in [-0.05, 0) is 73.9 Å². The zero-order valence-electron chi connectivity index (χ0n) is 16.7. The highest BCUT2D eigenvalue weighted by Gasteiger charge is 2.47. The van der Waals surface area contributed by atoms with Gasteiger partial charge in [0, 0.05) is 27.2 Å². The molecule has 3 aromatic rings. The van der Waals surface area contributed by atoms with Gasteiger partial charge in [0.15, 0.2) is 0 Å². The fourth-order valence-electron chi connectivity index (χ4n) is 4.68. The molecule has 1 aliphatic rings. The summed E-state index contributed by atoms with van der Waals surface area (Å²) in [6, 6.07) is 21.7. The average molecular weight is 408 g/mol. The molecular weight excluding hydrogens is 385 g/mol. The molecule has 148 valence electrons. The first-order valence-electron chi connectivity index (χ1n) is 9.68. The Morgan fingerprint density at radius 3 is 2.21 bits per heavy atom. The normalized spacial score (nSPS) is 20.2. The maximum atomic E-state index is 13.5. The molecule has 0 fully saturated rings. The van der Waals surface area contributed by atoms with Gasteiger partial charge in [-0.3, -0.25) is 4.79 Å². The van der Waals surface area contributed by atoms with E-state index < -0.39 is 5.54 Å². The van der Waals surface area contributed by atoms with Crippen LogP contribution in [0.4, 0.5) is 10.1 Å². The third kappa shape index (κ3) is 3.34. The predicted molar refractivity (Wildman–Crippen MR) is 116 cm³/mol. The van der Waals surface area contributed by atoms with Crippen molar-refractivity contribution in [3.8, 4) is 0 Å². The molecule has 1 heterocycles. The minimum Gasteiger partial charge on any atom is -0.302 e. The van der Waals surface area contributed by atoms with Crippen molar-refractivity contribution in [2.24, 2.45) is 0 Å². The molecule has 0 saturated carbocycles. The Bertz CT molecular complexity index is 1060. The van der Waals surface area contributed by atoms with Crippen molar-refractivity contribution < 1.29 is 9.18 Å². The number of hydrogen-bond acceptors (Lipinski definition) is 1. The monoisotopic (exact) mass is 407 g/mol. The predicted octanol–water partition coefficient (Wildman–Crippen LogP) is 6.61. The van der Waals surface area contributed by atoms with E-state index in [1.807, 2.05) is 35.2 Å². The van der Waals surface area contributed by atoms with E-state index >= 15 is 0 Å². The van der Waals surface area contributed by atoms with Crippen LogP contribution in [0.5, 0.6) is 0 Å². The van der Waals surface area contributed by atoms with Crippen LogP contribution in [0, 0.1) is 5.82 Å². The van der Waals surface area contributed by atoms with Crippen LogP contribution in [-0.4, -0.2) is 11.4 Å². The van der Waals surface area contributed by atoms with Gasteiger partial charge in [-0.15, -0.1) is 0 Å². The number of hydrogen-bond donors (Lipinski definition) is 0. The lowest BCUT2D eigenvalue weighted by molar-refractivity contribution is 0.0948. The van der Waals surface area contributed by atoms with Gasteiger partial charge in [0.1, 0.15) is 5.82 Å². The molecule has 3 aromatic carbocycles. The molecule has 1 atom stereocenters. The maximum absolute atomic E-state index is 13.5. The van der Waals surface area contributed by atoms with Crippen molar-refractivity contribution in [2.75, 3.05) is 4.90 Å². The Hall–Kier alpha value is -2.65. The van der Waals surface area contributed by atoms with Crippen molar-refractivity contribution >= 4 is 23.2 Å². The fraction of sp³-hybridized carbons (Fsp3) is 0.240. The Balaban J connectivity index is 1.87. The first-order valence-corrected chi connectivity index (χ1v) is 10.1. The largest absolute Gasteiger partial charge is 0.302 e. The summed E-state index contributed by atoms with van der Waals surface area (Å²) in [7, 11) is 0. The van der Waals surface area contributed by atoms with Gasteiger partial charge in [-0.1, -0.05) is 48.9 Å². The Kier molecular flexibility index (Phi) is 4.74. The molecular formula is C25H23ClFNO. The van der Waals surface area contributed by atoms with Crippen molar-refractivity contribution in [1.29, 1.82) is 0 Å². The Morgan fingerprint density at radius 2 is 1.55 bits per heavy atom. The standard InChI is InChI=1S/C25H23ClFNO/c1-24(2)16-25(3,18-10-12-19(26)13-11-18)21-6-4-5-7-22(21)28(24)23(29)17-8-14-20(27)15-9-17/h4-15H,16H2,1-3H3/t25-/m0/s1. The van der Waals surface area contributed by atoms with Crippen LogP contribution < -0.4 is 4.90 Å². The van der Waals surface area contributed by atoms with Crippen molar-refractivity contribution in [3.05, 3.63) is 100 Å². The summed E-state index contributed by atoms with van der Waals surface area (Å²) in [6.45, 7) is 6.38. The first-order chi connectivity index (χ1) is 13.7. The minimum absolute atomic E-state index is 0.124. The number of halogens is 2. The topological polar surface area (TPSA) is 20.3 Å². The van der Waals surface area contributed by atoms with Crippen LogP contribution in [0.3, 0.4) is 0 Å². The van der Waals surface area contributed by atoms with E-state index in [0.717, 1.165) is 23.2 Å². The summed E-state index contributed by atoms with van der Waals surface area (Å²) < 4.78 is 13.4. The number of carbonyl (C=O) groups is 1. The smallest absolute Gasteiger partial charge is 0.258 e. The summed E-state index contributed by atoms with van der Waals surface area (Å²) in [5.74, 6) is -0.476. The van der Waals surface area contributed by atoms with E-state index in [9.17, 15) is 9.18 Å². The van der Waals surface area contributed by atoms with Gasteiger partial charge >= 0.3 is 0 Å². The second-order valence-electron chi connectivity index (χ2n) is 8.49. The number of para-hydroxylation sites is 1. The lowest BCUT2D eigenvalue weighted by Gasteiger charge is -2.51. The molecule has 0 spiro atoms. The van der Waals surface area contributed by atoms with Crippen LogP contribution in [0.2, 0.25) is 5.02 Å². The number of carbonyl (C=O) groups excluding carboxylic acids is 1. The molecule has 4 rings (SSSR count). The summed E-state index contributed by atoms with van der Waals surface area (Å²) in [5, 5.41) is 0.703. The van der Waals surface area contributed by atoms with Crippen molar-refractivity contribution in [3.63, 3.8) is 0 Å². The molecule has 0 radical (unpaired) electrons. The molecule has 4 heteroatoms. The van der Waals surface area contributed by atoms with Crippen LogP contribution in [0.15, 0.2) is 72.8 Å². The molecule has 29 heavy (non-hydrogen) atoms. The van der Waals surface area contributed by atoms with E-state index in [2.05, 4.69) is 39.0 Å². The summed E-state index contributed by atoms with van der Waals surface area (Å²) >= 11 is 6.12. The molecule has 0 unspecified atom stereocenters. The van der Waals surface area contributed by atoms with E-state index in [0.29, 0.717) is 10.6 Å². The molecule has 0 aromatic heterocycles. The number of anilines is 1. The van der Waals surface area contributed by atoms with Crippen molar-refractivity contribution in [1.82, 2.24) is 0 Å². The zero-order chi connectivity index (χ0) is 20.8.